The van der Waals surface area contributed by atoms with Crippen molar-refractivity contribution in [2.24, 2.45) is 5.73 Å². The van der Waals surface area contributed by atoms with Crippen LogP contribution >= 0.6 is 0 Å². The predicted octanol–water partition coefficient (Wildman–Crippen LogP) is 7.70. The molecule has 224 valence electrons. The third-order valence-electron chi connectivity index (χ3n) is 8.40. The molecule has 0 atom stereocenters. The number of nitrogens with zero attached hydrogens (tertiary/aromatic N) is 2. The first-order valence-electron chi connectivity index (χ1n) is 15.9. The van der Waals surface area contributed by atoms with Gasteiger partial charge in [-0.05, 0) is 42.5 Å². The maximum Gasteiger partial charge on any atom is 0.319 e. The van der Waals surface area contributed by atoms with Gasteiger partial charge in [0.1, 0.15) is 0 Å². The van der Waals surface area contributed by atoms with Gasteiger partial charge in [0.05, 0.1) is 17.3 Å². The quantitative estimate of drug-likeness (QED) is 0.184. The molecular weight excluding hydrogens is 520 g/mol. The van der Waals surface area contributed by atoms with Crippen molar-refractivity contribution in [1.29, 1.82) is 0 Å². The molecule has 0 unspecified atom stereocenters. The molecule has 3 N–H and O–H groups in total. The molecule has 6 heteroatoms. The van der Waals surface area contributed by atoms with Crippen molar-refractivity contribution in [2.75, 3.05) is 24.5 Å². The number of para-hydroxylation sites is 1. The van der Waals surface area contributed by atoms with E-state index in [1.807, 2.05) is 18.2 Å². The van der Waals surface area contributed by atoms with Crippen LogP contribution in [-0.2, 0) is 0 Å². The van der Waals surface area contributed by atoms with E-state index in [1.54, 1.807) is 11.0 Å². The highest BCUT2D eigenvalue weighted by molar-refractivity contribution is 6.04. The fourth-order valence-corrected chi connectivity index (χ4v) is 6.10. The number of primary amides is 1. The van der Waals surface area contributed by atoms with Crippen LogP contribution < -0.4 is 16.0 Å². The number of carbonyl (C=O) groups excluding carboxylic acids is 2. The topological polar surface area (TPSA) is 78.7 Å². The van der Waals surface area contributed by atoms with Crippen LogP contribution in [0.15, 0.2) is 84.9 Å². The van der Waals surface area contributed by atoms with E-state index in [0.29, 0.717) is 17.8 Å². The van der Waals surface area contributed by atoms with E-state index < -0.39 is 6.03 Å². The zero-order chi connectivity index (χ0) is 29.6. The summed E-state index contributed by atoms with van der Waals surface area (Å²) in [6.07, 6.45) is 11.2. The first-order chi connectivity index (χ1) is 20.6. The molecule has 0 aromatic heterocycles. The minimum absolute atomic E-state index is 0.0729. The molecule has 0 saturated carbocycles. The second-order valence-corrected chi connectivity index (χ2v) is 11.5. The molecule has 1 aliphatic rings. The molecule has 6 nitrogen and oxygen atoms in total. The van der Waals surface area contributed by atoms with E-state index in [0.717, 1.165) is 45.2 Å². The van der Waals surface area contributed by atoms with Crippen LogP contribution in [0.4, 0.5) is 10.5 Å². The average molecular weight is 569 g/mol. The Labute approximate surface area is 252 Å². The van der Waals surface area contributed by atoms with Gasteiger partial charge >= 0.3 is 6.03 Å². The van der Waals surface area contributed by atoms with E-state index in [4.69, 9.17) is 5.73 Å². The summed E-state index contributed by atoms with van der Waals surface area (Å²) in [5.41, 5.74) is 9.47. The number of anilines is 1. The Bertz CT molecular complexity index is 1190. The molecule has 3 aromatic rings. The van der Waals surface area contributed by atoms with Gasteiger partial charge < -0.3 is 11.1 Å². The van der Waals surface area contributed by atoms with Crippen LogP contribution in [0.5, 0.6) is 0 Å². The van der Waals surface area contributed by atoms with Crippen LogP contribution in [0.3, 0.4) is 0 Å². The summed E-state index contributed by atoms with van der Waals surface area (Å²) in [6, 6.07) is 28.4. The Balaban J connectivity index is 1.34. The van der Waals surface area contributed by atoms with E-state index >= 15 is 0 Å². The molecule has 1 heterocycles. The fourth-order valence-electron chi connectivity index (χ4n) is 6.10. The Kier molecular flexibility index (Phi) is 12.5. The maximum atomic E-state index is 13.5. The summed E-state index contributed by atoms with van der Waals surface area (Å²) in [6.45, 7) is 4.51. The smallest absolute Gasteiger partial charge is 0.319 e. The number of benzene rings is 3. The molecule has 0 spiro atoms. The molecule has 1 aliphatic heterocycles. The molecule has 1 fully saturated rings. The molecule has 0 bridgehead atoms. The zero-order valence-electron chi connectivity index (χ0n) is 25.2. The van der Waals surface area contributed by atoms with Gasteiger partial charge in [-0.25, -0.2) is 4.79 Å². The Morgan fingerprint density at radius 1 is 0.786 bits per heavy atom. The van der Waals surface area contributed by atoms with E-state index in [9.17, 15) is 9.59 Å². The molecular formula is C36H48N4O2. The van der Waals surface area contributed by atoms with Crippen molar-refractivity contribution < 1.29 is 9.59 Å². The van der Waals surface area contributed by atoms with Crippen LogP contribution in [0.1, 0.15) is 98.7 Å². The molecule has 0 aliphatic carbocycles. The van der Waals surface area contributed by atoms with Gasteiger partial charge in [0.25, 0.3) is 5.91 Å². The molecule has 0 radical (unpaired) electrons. The first kappa shape index (κ1) is 31.3. The van der Waals surface area contributed by atoms with Crippen LogP contribution in [0.2, 0.25) is 0 Å². The van der Waals surface area contributed by atoms with Crippen LogP contribution in [0, 0.1) is 0 Å². The van der Waals surface area contributed by atoms with Gasteiger partial charge in [0, 0.05) is 25.7 Å². The zero-order valence-corrected chi connectivity index (χ0v) is 25.2. The highest BCUT2D eigenvalue weighted by Gasteiger charge is 2.29. The average Bonchev–Trinajstić information content (AvgIpc) is 3.02. The number of hydrogen-bond donors (Lipinski definition) is 2. The Hall–Kier alpha value is -3.64. The lowest BCUT2D eigenvalue weighted by Gasteiger charge is -2.38. The highest BCUT2D eigenvalue weighted by Crippen LogP contribution is 2.31. The largest absolute Gasteiger partial charge is 0.351 e. The van der Waals surface area contributed by atoms with Crippen molar-refractivity contribution in [3.05, 3.63) is 102 Å². The third kappa shape index (κ3) is 8.93. The number of urea groups is 1. The van der Waals surface area contributed by atoms with Crippen molar-refractivity contribution in [1.82, 2.24) is 10.2 Å². The summed E-state index contributed by atoms with van der Waals surface area (Å²) in [4.78, 5) is 30.0. The number of likely N-dealkylation sites (tertiary alicyclic amines) is 1. The molecule has 1 saturated heterocycles. The van der Waals surface area contributed by atoms with E-state index in [2.05, 4.69) is 77.8 Å². The third-order valence-corrected chi connectivity index (χ3v) is 8.40. The van der Waals surface area contributed by atoms with Gasteiger partial charge in [-0.1, -0.05) is 125 Å². The maximum absolute atomic E-state index is 13.5. The number of amides is 3. The normalized spacial score (nSPS) is 14.1. The second kappa shape index (κ2) is 16.7. The fraction of sp³-hybridized carbons (Fsp3) is 0.444. The molecule has 3 aromatic carbocycles. The molecule has 42 heavy (non-hydrogen) atoms. The SMILES string of the molecule is CCCCCCCCCCN(C(N)=O)c1ccccc1C(=O)NC1CCN(C(c2ccccc2)c2ccccc2)CC1. The number of nitrogens with two attached hydrogens (primary N) is 1. The molecule has 4 rings (SSSR count). The summed E-state index contributed by atoms with van der Waals surface area (Å²) in [5, 5.41) is 3.26. The second-order valence-electron chi connectivity index (χ2n) is 11.5. The predicted molar refractivity (Wildman–Crippen MR) is 173 cm³/mol. The lowest BCUT2D eigenvalue weighted by atomic mass is 9.94. The monoisotopic (exact) mass is 568 g/mol. The number of piperidine rings is 1. The summed E-state index contributed by atoms with van der Waals surface area (Å²) in [7, 11) is 0. The van der Waals surface area contributed by atoms with Crippen molar-refractivity contribution in [3.63, 3.8) is 0 Å². The summed E-state index contributed by atoms with van der Waals surface area (Å²) >= 11 is 0. The van der Waals surface area contributed by atoms with Crippen LogP contribution in [0.25, 0.3) is 0 Å². The molecule has 3 amide bonds. The summed E-state index contributed by atoms with van der Waals surface area (Å²) in [5.74, 6) is -0.145. The lowest BCUT2D eigenvalue weighted by molar-refractivity contribution is 0.0901. The van der Waals surface area contributed by atoms with Crippen LogP contribution in [-0.4, -0.2) is 42.5 Å². The van der Waals surface area contributed by atoms with Gasteiger partial charge in [-0.3, -0.25) is 14.6 Å². The number of rotatable bonds is 15. The first-order valence-corrected chi connectivity index (χ1v) is 15.9. The van der Waals surface area contributed by atoms with Crippen molar-refractivity contribution >= 4 is 17.6 Å². The van der Waals surface area contributed by atoms with Crippen molar-refractivity contribution in [2.45, 2.75) is 83.2 Å². The number of hydrogen-bond acceptors (Lipinski definition) is 3. The number of nitrogens with one attached hydrogen (secondary N) is 1. The lowest BCUT2D eigenvalue weighted by Crippen LogP contribution is -2.46. The van der Waals surface area contributed by atoms with E-state index in [-0.39, 0.29) is 18.0 Å². The summed E-state index contributed by atoms with van der Waals surface area (Å²) < 4.78 is 0. The number of carbonyl (C=O) groups is 2. The van der Waals surface area contributed by atoms with E-state index in [1.165, 1.54) is 43.2 Å². The Morgan fingerprint density at radius 3 is 1.88 bits per heavy atom. The Morgan fingerprint density at radius 2 is 1.31 bits per heavy atom. The van der Waals surface area contributed by atoms with Crippen molar-refractivity contribution in [3.8, 4) is 0 Å². The van der Waals surface area contributed by atoms with Gasteiger partial charge in [0.2, 0.25) is 0 Å². The van der Waals surface area contributed by atoms with Gasteiger partial charge in [-0.15, -0.1) is 0 Å². The van der Waals surface area contributed by atoms with Gasteiger partial charge in [-0.2, -0.15) is 0 Å². The number of unbranched alkanes of at least 4 members (excludes halogenated alkanes) is 7. The van der Waals surface area contributed by atoms with Gasteiger partial charge in [0.15, 0.2) is 0 Å². The highest BCUT2D eigenvalue weighted by atomic mass is 16.2. The minimum atomic E-state index is -0.514. The minimum Gasteiger partial charge on any atom is -0.351 e. The standard InChI is InChI=1S/C36H48N4O2/c1-2-3-4-5-6-7-8-17-26-40(36(37)42)33-23-16-15-22-32(33)35(41)38-31-24-27-39(28-25-31)34(29-18-11-9-12-19-29)30-20-13-10-14-21-30/h9-16,18-23,31,34H,2-8,17,24-28H2,1H3,(H2,37,42)(H,38,41).